The Hall–Kier alpha value is -0.814. The Morgan fingerprint density at radius 3 is 2.00 bits per heavy atom. The summed E-state index contributed by atoms with van der Waals surface area (Å²) in [6, 6.07) is 21.8. The second kappa shape index (κ2) is 7.27. The van der Waals surface area contributed by atoms with Gasteiger partial charge in [-0.1, -0.05) is 0 Å². The van der Waals surface area contributed by atoms with Crippen LogP contribution in [0.3, 0.4) is 0 Å². The summed E-state index contributed by atoms with van der Waals surface area (Å²) >= 11 is -0.205. The van der Waals surface area contributed by atoms with Crippen molar-refractivity contribution in [3.63, 3.8) is 0 Å². The predicted octanol–water partition coefficient (Wildman–Crippen LogP) is 4.02. The molecule has 0 saturated carbocycles. The van der Waals surface area contributed by atoms with E-state index in [1.807, 2.05) is 0 Å². The van der Waals surface area contributed by atoms with E-state index in [0.29, 0.717) is 0 Å². The molecule has 0 bridgehead atoms. The van der Waals surface area contributed by atoms with Crippen LogP contribution < -0.4 is 3.61 Å². The van der Waals surface area contributed by atoms with Gasteiger partial charge in [-0.2, -0.15) is 0 Å². The molecule has 0 amide bonds. The van der Waals surface area contributed by atoms with Gasteiger partial charge in [0, 0.05) is 0 Å². The molecule has 2 aromatic rings. The van der Waals surface area contributed by atoms with Crippen LogP contribution in [0.4, 0.5) is 0 Å². The molecule has 0 aliphatic carbocycles. The molecule has 2 aromatic carbocycles. The maximum absolute atomic E-state index is 2.52. The minimum absolute atomic E-state index is 0.205. The summed E-state index contributed by atoms with van der Waals surface area (Å²) < 4.78 is 3.33. The van der Waals surface area contributed by atoms with Crippen LogP contribution in [0.25, 0.3) is 0 Å². The number of allylic oxidation sites excluding steroid dienone is 1. The van der Waals surface area contributed by atoms with Crippen LogP contribution in [0.15, 0.2) is 70.0 Å². The number of hydrogen-bond donors (Lipinski definition) is 0. The van der Waals surface area contributed by atoms with Crippen molar-refractivity contribution in [3.05, 3.63) is 75.5 Å². The molecule has 2 heteroatoms. The molecule has 0 radical (unpaired) electrons. The fourth-order valence-electron chi connectivity index (χ4n) is 1.94. The zero-order valence-corrected chi connectivity index (χ0v) is 15.8. The maximum atomic E-state index is 2.52. The van der Waals surface area contributed by atoms with Gasteiger partial charge < -0.3 is 0 Å². The molecule has 2 rings (SSSR count). The number of rotatable bonds is 5. The number of benzene rings is 2. The van der Waals surface area contributed by atoms with E-state index in [2.05, 4.69) is 86.4 Å². The van der Waals surface area contributed by atoms with Crippen LogP contribution in [-0.2, 0) is 6.42 Å². The summed E-state index contributed by atoms with van der Waals surface area (Å²) in [7, 11) is -1.20. The molecule has 0 aliphatic heterocycles. The van der Waals surface area contributed by atoms with Crippen LogP contribution in [0.1, 0.15) is 5.56 Å². The van der Waals surface area contributed by atoms with E-state index in [9.17, 15) is 0 Å². The zero-order chi connectivity index (χ0) is 14.4. The molecule has 20 heavy (non-hydrogen) atoms. The van der Waals surface area contributed by atoms with Crippen molar-refractivity contribution < 1.29 is 0 Å². The van der Waals surface area contributed by atoms with Gasteiger partial charge >= 0.3 is 134 Å². The van der Waals surface area contributed by atoms with Gasteiger partial charge in [0.25, 0.3) is 0 Å². The molecule has 0 atom stereocenters. The Morgan fingerprint density at radius 1 is 0.900 bits per heavy atom. The number of hydrogen-bond acceptors (Lipinski definition) is 0. The van der Waals surface area contributed by atoms with Gasteiger partial charge in [0.2, 0.25) is 0 Å². The molecule has 104 valence electrons. The summed E-state index contributed by atoms with van der Waals surface area (Å²) in [6.45, 7) is 7.41. The van der Waals surface area contributed by atoms with E-state index >= 15 is 0 Å². The quantitative estimate of drug-likeness (QED) is 0.673. The molecule has 0 saturated heterocycles. The van der Waals surface area contributed by atoms with Crippen molar-refractivity contribution in [2.45, 2.75) is 26.1 Å². The molecule has 0 fully saturated rings. The first-order chi connectivity index (χ1) is 9.55. The van der Waals surface area contributed by atoms with E-state index in [4.69, 9.17) is 0 Å². The van der Waals surface area contributed by atoms with Crippen LogP contribution in [0.5, 0.6) is 0 Å². The van der Waals surface area contributed by atoms with Crippen molar-refractivity contribution in [2.24, 2.45) is 0 Å². The van der Waals surface area contributed by atoms with Gasteiger partial charge in [0.05, 0.1) is 0 Å². The SMILES string of the molecule is C[Si](C)(C)/C(=C\Cc1ccccc1)[Te]c1ccccc1. The fraction of sp³-hybridized carbons (Fsp3) is 0.222. The molecule has 0 aromatic heterocycles. The third-order valence-corrected chi connectivity index (χ3v) is 13.2. The predicted molar refractivity (Wildman–Crippen MR) is 93.4 cm³/mol. The molecule has 0 spiro atoms. The van der Waals surface area contributed by atoms with Crippen LogP contribution >= 0.6 is 0 Å². The first-order valence-electron chi connectivity index (χ1n) is 7.03. The fourth-order valence-corrected chi connectivity index (χ4v) is 8.41. The second-order valence-corrected chi connectivity index (χ2v) is 15.3. The summed E-state index contributed by atoms with van der Waals surface area (Å²) in [5.41, 5.74) is 1.42. The van der Waals surface area contributed by atoms with E-state index in [0.717, 1.165) is 6.42 Å². The third kappa shape index (κ3) is 4.94. The van der Waals surface area contributed by atoms with E-state index in [-0.39, 0.29) is 20.9 Å². The Morgan fingerprint density at radius 2 is 1.45 bits per heavy atom. The van der Waals surface area contributed by atoms with Crippen molar-refractivity contribution in [3.8, 4) is 0 Å². The molecule has 0 N–H and O–H groups in total. The summed E-state index contributed by atoms with van der Waals surface area (Å²) in [5, 5.41) is 0. The van der Waals surface area contributed by atoms with E-state index in [1.54, 1.807) is 6.86 Å². The van der Waals surface area contributed by atoms with Crippen molar-refractivity contribution >= 4 is 32.6 Å². The van der Waals surface area contributed by atoms with E-state index in [1.165, 1.54) is 5.56 Å². The average Bonchev–Trinajstić information content (AvgIpc) is 2.44. The molecule has 0 heterocycles. The summed E-state index contributed by atoms with van der Waals surface area (Å²) in [6.07, 6.45) is 3.61. The van der Waals surface area contributed by atoms with E-state index < -0.39 is 8.07 Å². The Balaban J connectivity index is 2.16. The van der Waals surface area contributed by atoms with Crippen LogP contribution in [-0.4, -0.2) is 29.0 Å². The van der Waals surface area contributed by atoms with Crippen LogP contribution in [0.2, 0.25) is 19.6 Å². The van der Waals surface area contributed by atoms with Crippen molar-refractivity contribution in [2.75, 3.05) is 0 Å². The normalized spacial score (nSPS) is 12.4. The summed E-state index contributed by atoms with van der Waals surface area (Å²) in [4.78, 5) is 0. The molecular weight excluding hydrogens is 372 g/mol. The standard InChI is InChI=1S/C18H22SiTe/c1-19(2,3)18(20-17-12-8-5-9-13-17)15-14-16-10-6-4-7-11-16/h4-13,15H,14H2,1-3H3/b18-15+. The Bertz CT molecular complexity index is 553. The molecule has 0 nitrogen and oxygen atoms in total. The van der Waals surface area contributed by atoms with Gasteiger partial charge in [0.1, 0.15) is 0 Å². The zero-order valence-electron chi connectivity index (χ0n) is 12.5. The Labute approximate surface area is 134 Å². The van der Waals surface area contributed by atoms with Crippen molar-refractivity contribution in [1.29, 1.82) is 0 Å². The Kier molecular flexibility index (Phi) is 5.66. The van der Waals surface area contributed by atoms with Gasteiger partial charge in [0.15, 0.2) is 0 Å². The molecule has 0 unspecified atom stereocenters. The first-order valence-corrected chi connectivity index (χ1v) is 12.9. The van der Waals surface area contributed by atoms with Crippen molar-refractivity contribution in [1.82, 2.24) is 0 Å². The monoisotopic (exact) mass is 396 g/mol. The molecule has 0 aliphatic rings. The average molecular weight is 394 g/mol. The third-order valence-electron chi connectivity index (χ3n) is 3.08. The second-order valence-electron chi connectivity index (χ2n) is 5.92. The van der Waals surface area contributed by atoms with Gasteiger partial charge in [-0.3, -0.25) is 0 Å². The summed E-state index contributed by atoms with van der Waals surface area (Å²) in [5.74, 6) is 0. The van der Waals surface area contributed by atoms with Gasteiger partial charge in [-0.05, 0) is 0 Å². The van der Waals surface area contributed by atoms with Gasteiger partial charge in [-0.15, -0.1) is 0 Å². The minimum atomic E-state index is -1.20. The topological polar surface area (TPSA) is 0 Å². The first kappa shape index (κ1) is 15.6. The van der Waals surface area contributed by atoms with Crippen LogP contribution in [0, 0.1) is 0 Å². The van der Waals surface area contributed by atoms with Gasteiger partial charge in [-0.25, -0.2) is 0 Å². The molecular formula is C18H22SiTe.